The van der Waals surface area contributed by atoms with Gasteiger partial charge in [-0.05, 0) is 30.5 Å². The molecule has 0 radical (unpaired) electrons. The quantitative estimate of drug-likeness (QED) is 0.736. The number of pyridine rings is 1. The van der Waals surface area contributed by atoms with E-state index in [9.17, 15) is 18.0 Å². The molecule has 2 aliphatic heterocycles. The van der Waals surface area contributed by atoms with Gasteiger partial charge in [-0.25, -0.2) is 8.42 Å². The molecule has 1 aromatic heterocycles. The number of carbonyl (C=O) groups excluding carboxylic acids is 1. The van der Waals surface area contributed by atoms with Gasteiger partial charge in [-0.1, -0.05) is 18.2 Å². The number of carbonyl (C=O) groups is 1. The third kappa shape index (κ3) is 3.98. The average molecular weight is 417 g/mol. The summed E-state index contributed by atoms with van der Waals surface area (Å²) >= 11 is 0. The number of morpholine rings is 1. The molecule has 1 aromatic carbocycles. The van der Waals surface area contributed by atoms with Crippen molar-refractivity contribution in [1.82, 2.24) is 8.87 Å². The highest BCUT2D eigenvalue weighted by molar-refractivity contribution is 7.89. The lowest BCUT2D eigenvalue weighted by atomic mass is 10.0. The molecule has 154 valence electrons. The lowest BCUT2D eigenvalue weighted by molar-refractivity contribution is -0.119. The van der Waals surface area contributed by atoms with Crippen LogP contribution in [0.4, 0.5) is 5.69 Å². The van der Waals surface area contributed by atoms with Crippen molar-refractivity contribution in [3.63, 3.8) is 0 Å². The molecule has 1 fully saturated rings. The molecule has 3 heterocycles. The van der Waals surface area contributed by atoms with Crippen LogP contribution >= 0.6 is 0 Å². The Morgan fingerprint density at radius 3 is 2.59 bits per heavy atom. The fraction of sp³-hybridized carbons (Fsp3) is 0.400. The summed E-state index contributed by atoms with van der Waals surface area (Å²) in [4.78, 5) is 26.9. The largest absolute Gasteiger partial charge is 0.379 e. The van der Waals surface area contributed by atoms with Crippen LogP contribution in [0.1, 0.15) is 12.0 Å². The first kappa shape index (κ1) is 19.8. The zero-order chi connectivity index (χ0) is 20.4. The minimum absolute atomic E-state index is 0.00541. The van der Waals surface area contributed by atoms with Gasteiger partial charge in [-0.15, -0.1) is 0 Å². The number of para-hydroxylation sites is 1. The van der Waals surface area contributed by atoms with E-state index in [-0.39, 0.29) is 30.4 Å². The predicted octanol–water partition coefficient (Wildman–Crippen LogP) is 0.849. The number of benzene rings is 1. The van der Waals surface area contributed by atoms with E-state index in [1.807, 2.05) is 24.3 Å². The molecule has 29 heavy (non-hydrogen) atoms. The number of nitrogens with zero attached hydrogens (tertiary/aromatic N) is 3. The number of aryl methyl sites for hydroxylation is 1. The molecule has 2 aliphatic rings. The van der Waals surface area contributed by atoms with Gasteiger partial charge in [0.1, 0.15) is 6.54 Å². The lowest BCUT2D eigenvalue weighted by Crippen LogP contribution is -2.41. The van der Waals surface area contributed by atoms with Crippen molar-refractivity contribution in [3.8, 4) is 0 Å². The van der Waals surface area contributed by atoms with Crippen molar-refractivity contribution in [2.75, 3.05) is 37.7 Å². The number of aromatic nitrogens is 1. The Hall–Kier alpha value is -2.49. The van der Waals surface area contributed by atoms with Gasteiger partial charge in [0.2, 0.25) is 15.9 Å². The van der Waals surface area contributed by atoms with E-state index in [4.69, 9.17) is 4.74 Å². The van der Waals surface area contributed by atoms with Crippen LogP contribution < -0.4 is 10.5 Å². The van der Waals surface area contributed by atoms with Crippen LogP contribution in [0.3, 0.4) is 0 Å². The van der Waals surface area contributed by atoms with Crippen molar-refractivity contribution in [2.45, 2.75) is 24.3 Å². The highest BCUT2D eigenvalue weighted by atomic mass is 32.2. The summed E-state index contributed by atoms with van der Waals surface area (Å²) < 4.78 is 33.4. The molecule has 8 nitrogen and oxygen atoms in total. The van der Waals surface area contributed by atoms with E-state index in [2.05, 4.69) is 0 Å². The number of hydrogen-bond donors (Lipinski definition) is 0. The molecule has 9 heteroatoms. The van der Waals surface area contributed by atoms with Crippen molar-refractivity contribution in [2.24, 2.45) is 0 Å². The number of fused-ring (bicyclic) bond motifs is 1. The molecule has 1 saturated heterocycles. The van der Waals surface area contributed by atoms with E-state index < -0.39 is 15.6 Å². The molecular formula is C20H23N3O5S. The summed E-state index contributed by atoms with van der Waals surface area (Å²) in [6.45, 7) is 1.59. The van der Waals surface area contributed by atoms with Gasteiger partial charge in [0.25, 0.3) is 5.56 Å². The van der Waals surface area contributed by atoms with Crippen molar-refractivity contribution in [1.29, 1.82) is 0 Å². The summed E-state index contributed by atoms with van der Waals surface area (Å²) in [5, 5.41) is 0. The minimum Gasteiger partial charge on any atom is -0.379 e. The van der Waals surface area contributed by atoms with Crippen LogP contribution in [-0.4, -0.2) is 56.0 Å². The molecular weight excluding hydrogens is 394 g/mol. The van der Waals surface area contributed by atoms with Gasteiger partial charge in [-0.2, -0.15) is 4.31 Å². The maximum absolute atomic E-state index is 12.9. The molecule has 4 rings (SSSR count). The summed E-state index contributed by atoms with van der Waals surface area (Å²) in [7, 11) is -3.74. The van der Waals surface area contributed by atoms with Crippen LogP contribution in [0.25, 0.3) is 0 Å². The summed E-state index contributed by atoms with van der Waals surface area (Å²) in [5.74, 6) is -0.236. The number of sulfonamides is 1. The molecule has 0 unspecified atom stereocenters. The van der Waals surface area contributed by atoms with E-state index in [0.717, 1.165) is 24.1 Å². The second-order valence-electron chi connectivity index (χ2n) is 7.13. The monoisotopic (exact) mass is 417 g/mol. The molecule has 0 bridgehead atoms. The van der Waals surface area contributed by atoms with Crippen LogP contribution in [-0.2, 0) is 32.5 Å². The molecule has 0 atom stereocenters. The van der Waals surface area contributed by atoms with Crippen molar-refractivity contribution >= 4 is 21.6 Å². The van der Waals surface area contributed by atoms with E-state index in [1.54, 1.807) is 4.90 Å². The molecule has 2 aromatic rings. The van der Waals surface area contributed by atoms with E-state index >= 15 is 0 Å². The number of ether oxygens (including phenoxy) is 1. The van der Waals surface area contributed by atoms with Crippen LogP contribution in [0.2, 0.25) is 0 Å². The Morgan fingerprint density at radius 2 is 1.79 bits per heavy atom. The highest BCUT2D eigenvalue weighted by Crippen LogP contribution is 2.27. The van der Waals surface area contributed by atoms with E-state index in [1.165, 1.54) is 27.2 Å². The van der Waals surface area contributed by atoms with Gasteiger partial charge in [0, 0.05) is 37.6 Å². The number of hydrogen-bond acceptors (Lipinski definition) is 5. The summed E-state index contributed by atoms with van der Waals surface area (Å²) in [5.41, 5.74) is 1.54. The average Bonchev–Trinajstić information content (AvgIpc) is 2.75. The standard InChI is InChI=1S/C20H23N3O5S/c24-19-8-7-17(29(26,27)22-10-12-28-13-11-22)14-21(19)15-20(25)23-9-3-5-16-4-1-2-6-18(16)23/h1-2,4,6-8,14H,3,5,9-13,15H2. The first-order valence-electron chi connectivity index (χ1n) is 9.63. The minimum atomic E-state index is -3.74. The molecule has 0 N–H and O–H groups in total. The maximum Gasteiger partial charge on any atom is 0.251 e. The highest BCUT2D eigenvalue weighted by Gasteiger charge is 2.28. The fourth-order valence-electron chi connectivity index (χ4n) is 3.75. The van der Waals surface area contributed by atoms with E-state index in [0.29, 0.717) is 19.8 Å². The Labute approximate surface area is 169 Å². The van der Waals surface area contributed by atoms with Gasteiger partial charge < -0.3 is 14.2 Å². The first-order chi connectivity index (χ1) is 14.0. The topological polar surface area (TPSA) is 88.9 Å². The van der Waals surface area contributed by atoms with Crippen LogP contribution in [0.5, 0.6) is 0 Å². The van der Waals surface area contributed by atoms with Gasteiger partial charge >= 0.3 is 0 Å². The van der Waals surface area contributed by atoms with Gasteiger partial charge in [0.05, 0.1) is 18.1 Å². The fourth-order valence-corrected chi connectivity index (χ4v) is 5.17. The van der Waals surface area contributed by atoms with Crippen LogP contribution in [0.15, 0.2) is 52.3 Å². The first-order valence-corrected chi connectivity index (χ1v) is 11.1. The number of anilines is 1. The smallest absolute Gasteiger partial charge is 0.251 e. The zero-order valence-corrected chi connectivity index (χ0v) is 16.8. The molecule has 0 spiro atoms. The Morgan fingerprint density at radius 1 is 1.03 bits per heavy atom. The van der Waals surface area contributed by atoms with Crippen molar-refractivity contribution in [3.05, 3.63) is 58.5 Å². The molecule has 0 saturated carbocycles. The van der Waals surface area contributed by atoms with Crippen molar-refractivity contribution < 1.29 is 17.9 Å². The molecule has 1 amide bonds. The van der Waals surface area contributed by atoms with Crippen LogP contribution in [0, 0.1) is 0 Å². The maximum atomic E-state index is 12.9. The Bertz CT molecular complexity index is 1070. The summed E-state index contributed by atoms with van der Waals surface area (Å²) in [6.07, 6.45) is 3.02. The predicted molar refractivity (Wildman–Crippen MR) is 107 cm³/mol. The number of amides is 1. The lowest BCUT2D eigenvalue weighted by Gasteiger charge is -2.29. The normalized spacial score (nSPS) is 17.7. The van der Waals surface area contributed by atoms with Gasteiger partial charge in [0.15, 0.2) is 0 Å². The Kier molecular flexibility index (Phi) is 5.53. The Balaban J connectivity index is 1.59. The third-order valence-corrected chi connectivity index (χ3v) is 7.16. The third-order valence-electron chi connectivity index (χ3n) is 5.28. The zero-order valence-electron chi connectivity index (χ0n) is 16.0. The van der Waals surface area contributed by atoms with Gasteiger partial charge in [-0.3, -0.25) is 9.59 Å². The molecule has 0 aliphatic carbocycles. The SMILES string of the molecule is O=C(Cn1cc(S(=O)(=O)N2CCOCC2)ccc1=O)N1CCCc2ccccc21. The second kappa shape index (κ2) is 8.10. The number of rotatable bonds is 4. The summed E-state index contributed by atoms with van der Waals surface area (Å²) in [6, 6.07) is 10.2. The second-order valence-corrected chi connectivity index (χ2v) is 9.06.